The van der Waals surface area contributed by atoms with Crippen LogP contribution in [0, 0.1) is 0 Å². The summed E-state index contributed by atoms with van der Waals surface area (Å²) in [5.41, 5.74) is 0. The first-order valence-corrected chi connectivity index (χ1v) is 5.71. The third-order valence-corrected chi connectivity index (χ3v) is 2.59. The van der Waals surface area contributed by atoms with Crippen molar-refractivity contribution in [1.29, 1.82) is 0 Å². The van der Waals surface area contributed by atoms with E-state index < -0.39 is 18.1 Å². The summed E-state index contributed by atoms with van der Waals surface area (Å²) in [4.78, 5) is 32.6. The fraction of sp³-hybridized carbons (Fsp3) is 0.700. The summed E-state index contributed by atoms with van der Waals surface area (Å²) in [5, 5.41) is 25.1. The number of aliphatic carboxylic acids is 1. The van der Waals surface area contributed by atoms with Gasteiger partial charge in [0.05, 0.1) is 0 Å². The predicted molar refractivity (Wildman–Crippen MR) is 60.8 cm³/mol. The van der Waals surface area contributed by atoms with E-state index in [2.05, 4.69) is 16.0 Å². The first-order chi connectivity index (χ1) is 8.49. The van der Waals surface area contributed by atoms with Crippen LogP contribution in [-0.2, 0) is 9.59 Å². The van der Waals surface area contributed by atoms with Gasteiger partial charge in [0.25, 0.3) is 0 Å². The van der Waals surface area contributed by atoms with Gasteiger partial charge in [0.15, 0.2) is 6.10 Å². The molecule has 8 heteroatoms. The van der Waals surface area contributed by atoms with E-state index in [-0.39, 0.29) is 24.9 Å². The monoisotopic (exact) mass is 259 g/mol. The van der Waals surface area contributed by atoms with Gasteiger partial charge in [0.1, 0.15) is 0 Å². The van der Waals surface area contributed by atoms with Gasteiger partial charge in [-0.05, 0) is 6.42 Å². The minimum Gasteiger partial charge on any atom is -0.479 e. The Morgan fingerprint density at radius 1 is 1.50 bits per heavy atom. The summed E-state index contributed by atoms with van der Waals surface area (Å²) in [5.74, 6) is -1.34. The van der Waals surface area contributed by atoms with E-state index in [0.29, 0.717) is 19.4 Å². The van der Waals surface area contributed by atoms with Crippen LogP contribution in [0.3, 0.4) is 0 Å². The largest absolute Gasteiger partial charge is 0.479 e. The molecule has 18 heavy (non-hydrogen) atoms. The molecule has 1 fully saturated rings. The number of carboxylic acid groups (broad SMARTS) is 1. The summed E-state index contributed by atoms with van der Waals surface area (Å²) in [6.07, 6.45) is -0.566. The first-order valence-electron chi connectivity index (χ1n) is 5.71. The van der Waals surface area contributed by atoms with Gasteiger partial charge in [0, 0.05) is 32.0 Å². The number of carboxylic acids is 1. The van der Waals surface area contributed by atoms with Crippen molar-refractivity contribution < 1.29 is 24.6 Å². The Morgan fingerprint density at radius 2 is 2.22 bits per heavy atom. The van der Waals surface area contributed by atoms with E-state index in [4.69, 9.17) is 10.2 Å². The number of hydrogen-bond donors (Lipinski definition) is 5. The van der Waals surface area contributed by atoms with Crippen LogP contribution in [0.4, 0.5) is 4.79 Å². The lowest BCUT2D eigenvalue weighted by atomic mass is 10.1. The minimum absolute atomic E-state index is 0.0296. The molecule has 0 saturated carbocycles. The molecular formula is C10H17N3O5. The minimum atomic E-state index is -1.47. The van der Waals surface area contributed by atoms with E-state index >= 15 is 0 Å². The van der Waals surface area contributed by atoms with Crippen molar-refractivity contribution in [1.82, 2.24) is 16.0 Å². The van der Waals surface area contributed by atoms with E-state index in [9.17, 15) is 14.4 Å². The molecule has 1 rings (SSSR count). The number of rotatable bonds is 5. The number of aliphatic hydroxyl groups is 1. The van der Waals surface area contributed by atoms with Gasteiger partial charge in [-0.1, -0.05) is 0 Å². The Bertz CT molecular complexity index is 323. The molecule has 0 radical (unpaired) electrons. The fourth-order valence-electron chi connectivity index (χ4n) is 1.54. The topological polar surface area (TPSA) is 128 Å². The number of carbonyl (C=O) groups excluding carboxylic acids is 2. The van der Waals surface area contributed by atoms with Crippen LogP contribution in [0.25, 0.3) is 0 Å². The zero-order chi connectivity index (χ0) is 13.5. The normalized spacial score (nSPS) is 20.7. The average molecular weight is 259 g/mol. The predicted octanol–water partition coefficient (Wildman–Crippen LogP) is -1.60. The summed E-state index contributed by atoms with van der Waals surface area (Å²) in [6.45, 7) is 0.461. The fourth-order valence-corrected chi connectivity index (χ4v) is 1.54. The van der Waals surface area contributed by atoms with Crippen LogP contribution < -0.4 is 16.0 Å². The molecule has 2 atom stereocenters. The lowest BCUT2D eigenvalue weighted by molar-refractivity contribution is -0.146. The molecule has 1 aliphatic heterocycles. The van der Waals surface area contributed by atoms with Crippen molar-refractivity contribution in [2.45, 2.75) is 31.4 Å². The number of urea groups is 1. The van der Waals surface area contributed by atoms with Crippen LogP contribution in [0.2, 0.25) is 0 Å². The molecule has 8 nitrogen and oxygen atoms in total. The SMILES string of the molecule is O=C1CCC(NC(=O)NCC[C@H](O)C(=O)O)CN1. The molecule has 0 spiro atoms. The van der Waals surface area contributed by atoms with Crippen LogP contribution in [-0.4, -0.2) is 53.4 Å². The van der Waals surface area contributed by atoms with Crippen molar-refractivity contribution in [2.75, 3.05) is 13.1 Å². The molecule has 1 unspecified atom stereocenters. The highest BCUT2D eigenvalue weighted by atomic mass is 16.4. The van der Waals surface area contributed by atoms with Crippen LogP contribution in [0.15, 0.2) is 0 Å². The van der Waals surface area contributed by atoms with Gasteiger partial charge in [-0.15, -0.1) is 0 Å². The van der Waals surface area contributed by atoms with Crippen molar-refractivity contribution >= 4 is 17.9 Å². The molecule has 0 aromatic rings. The van der Waals surface area contributed by atoms with Gasteiger partial charge < -0.3 is 26.2 Å². The molecule has 0 bridgehead atoms. The quantitative estimate of drug-likeness (QED) is 0.406. The highest BCUT2D eigenvalue weighted by Crippen LogP contribution is 2.02. The summed E-state index contributed by atoms with van der Waals surface area (Å²) in [6, 6.07) is -0.555. The Balaban J connectivity index is 2.14. The third-order valence-electron chi connectivity index (χ3n) is 2.59. The van der Waals surface area contributed by atoms with Crippen molar-refractivity contribution in [2.24, 2.45) is 0 Å². The van der Waals surface area contributed by atoms with Crippen molar-refractivity contribution in [3.05, 3.63) is 0 Å². The maximum atomic E-state index is 11.4. The second-order valence-corrected chi connectivity index (χ2v) is 4.08. The highest BCUT2D eigenvalue weighted by Gasteiger charge is 2.19. The maximum absolute atomic E-state index is 11.4. The second kappa shape index (κ2) is 6.80. The average Bonchev–Trinajstić information content (AvgIpc) is 2.32. The Hall–Kier alpha value is -1.83. The zero-order valence-corrected chi connectivity index (χ0v) is 9.81. The van der Waals surface area contributed by atoms with Crippen molar-refractivity contribution in [3.8, 4) is 0 Å². The smallest absolute Gasteiger partial charge is 0.332 e. The Labute approximate surface area is 104 Å². The molecular weight excluding hydrogens is 242 g/mol. The van der Waals surface area contributed by atoms with E-state index in [1.165, 1.54) is 0 Å². The summed E-state index contributed by atoms with van der Waals surface area (Å²) >= 11 is 0. The standard InChI is InChI=1S/C10H17N3O5/c14-7(9(16)17)3-4-11-10(18)13-6-1-2-8(15)12-5-6/h6-7,14H,1-5H2,(H,12,15)(H,16,17)(H2,11,13,18)/t6?,7-/m0/s1. The number of hydrogen-bond acceptors (Lipinski definition) is 4. The third kappa shape index (κ3) is 5.00. The molecule has 5 N–H and O–H groups in total. The Kier molecular flexibility index (Phi) is 5.37. The second-order valence-electron chi connectivity index (χ2n) is 4.08. The van der Waals surface area contributed by atoms with Gasteiger partial charge in [-0.25, -0.2) is 9.59 Å². The molecule has 0 aromatic heterocycles. The lowest BCUT2D eigenvalue weighted by Gasteiger charge is -2.23. The van der Waals surface area contributed by atoms with Crippen molar-refractivity contribution in [3.63, 3.8) is 0 Å². The number of piperidine rings is 1. The molecule has 0 aliphatic carbocycles. The van der Waals surface area contributed by atoms with Gasteiger partial charge in [-0.3, -0.25) is 4.79 Å². The molecule has 1 heterocycles. The van der Waals surface area contributed by atoms with Crippen LogP contribution in [0.5, 0.6) is 0 Å². The zero-order valence-electron chi connectivity index (χ0n) is 9.81. The van der Waals surface area contributed by atoms with Gasteiger partial charge >= 0.3 is 12.0 Å². The molecule has 0 aromatic carbocycles. The van der Waals surface area contributed by atoms with Crippen LogP contribution >= 0.6 is 0 Å². The van der Waals surface area contributed by atoms with Crippen LogP contribution in [0.1, 0.15) is 19.3 Å². The maximum Gasteiger partial charge on any atom is 0.332 e. The molecule has 102 valence electrons. The number of nitrogens with one attached hydrogen (secondary N) is 3. The van der Waals surface area contributed by atoms with Gasteiger partial charge in [-0.2, -0.15) is 0 Å². The lowest BCUT2D eigenvalue weighted by Crippen LogP contribution is -2.50. The van der Waals surface area contributed by atoms with E-state index in [1.54, 1.807) is 0 Å². The first kappa shape index (κ1) is 14.2. The Morgan fingerprint density at radius 3 is 2.78 bits per heavy atom. The summed E-state index contributed by atoms with van der Waals surface area (Å²) in [7, 11) is 0. The van der Waals surface area contributed by atoms with Gasteiger partial charge in [0.2, 0.25) is 5.91 Å². The summed E-state index contributed by atoms with van der Waals surface area (Å²) < 4.78 is 0. The van der Waals surface area contributed by atoms with E-state index in [1.807, 2.05) is 0 Å². The number of amides is 3. The molecule has 1 saturated heterocycles. The number of aliphatic hydroxyl groups excluding tert-OH is 1. The molecule has 1 aliphatic rings. The number of carbonyl (C=O) groups is 3. The molecule has 3 amide bonds. The van der Waals surface area contributed by atoms with E-state index in [0.717, 1.165) is 0 Å². The highest BCUT2D eigenvalue weighted by molar-refractivity contribution is 5.78.